The second-order valence-corrected chi connectivity index (χ2v) is 9.92. The molecule has 5 aromatic rings. The highest BCUT2D eigenvalue weighted by Gasteiger charge is 2.16. The van der Waals surface area contributed by atoms with Crippen LogP contribution in [0.3, 0.4) is 0 Å². The molecule has 10 heteroatoms. The Morgan fingerprint density at radius 1 is 1.16 bits per heavy atom. The van der Waals surface area contributed by atoms with Gasteiger partial charge in [-0.25, -0.2) is 9.97 Å². The fourth-order valence-electron chi connectivity index (χ4n) is 3.18. The molecular formula is C22H15ClN4O2S3. The molecule has 0 fully saturated rings. The monoisotopic (exact) mass is 498 g/mol. The summed E-state index contributed by atoms with van der Waals surface area (Å²) in [6, 6.07) is 17.0. The Morgan fingerprint density at radius 3 is 2.66 bits per heavy atom. The van der Waals surface area contributed by atoms with Crippen LogP contribution in [-0.4, -0.2) is 19.5 Å². The molecule has 32 heavy (non-hydrogen) atoms. The van der Waals surface area contributed by atoms with E-state index < -0.39 is 0 Å². The number of aryl methyl sites for hydroxylation is 1. The Hall–Kier alpha value is -2.72. The Bertz CT molecular complexity index is 1540. The molecule has 3 aromatic heterocycles. The maximum Gasteiger partial charge on any atom is 0.271 e. The minimum absolute atomic E-state index is 0.219. The molecule has 0 amide bonds. The quantitative estimate of drug-likeness (QED) is 0.171. The molecule has 0 aliphatic heterocycles. The normalized spacial score (nSPS) is 11.3. The zero-order valence-electron chi connectivity index (χ0n) is 16.7. The molecule has 0 spiro atoms. The number of H-pyrrole nitrogens is 1. The first-order chi connectivity index (χ1) is 15.5. The van der Waals surface area contributed by atoms with Crippen LogP contribution in [0, 0.1) is 10.9 Å². The minimum Gasteiger partial charge on any atom is -0.441 e. The molecule has 0 bridgehead atoms. The van der Waals surface area contributed by atoms with Crippen LogP contribution >= 0.6 is 46.9 Å². The molecule has 5 rings (SSSR count). The minimum atomic E-state index is -0.219. The average Bonchev–Trinajstić information content (AvgIpc) is 3.33. The number of hydrogen-bond donors (Lipinski definition) is 1. The summed E-state index contributed by atoms with van der Waals surface area (Å²) in [5.41, 5.74) is 2.83. The molecule has 160 valence electrons. The van der Waals surface area contributed by atoms with Crippen LogP contribution in [0.4, 0.5) is 0 Å². The zero-order chi connectivity index (χ0) is 22.2. The number of fused-ring (bicyclic) bond motifs is 1. The third kappa shape index (κ3) is 4.04. The van der Waals surface area contributed by atoms with Crippen molar-refractivity contribution in [3.8, 4) is 17.1 Å². The Labute approximate surface area is 200 Å². The van der Waals surface area contributed by atoms with Gasteiger partial charge in [-0.15, -0.1) is 0 Å². The number of benzene rings is 2. The molecule has 0 atom stereocenters. The lowest BCUT2D eigenvalue weighted by Gasteiger charge is -2.05. The lowest BCUT2D eigenvalue weighted by Crippen LogP contribution is -2.09. The van der Waals surface area contributed by atoms with Gasteiger partial charge < -0.3 is 9.40 Å². The maximum absolute atomic E-state index is 12.7. The van der Waals surface area contributed by atoms with E-state index in [1.807, 2.05) is 49.4 Å². The van der Waals surface area contributed by atoms with E-state index in [1.165, 1.54) is 23.1 Å². The van der Waals surface area contributed by atoms with Gasteiger partial charge in [-0.3, -0.25) is 9.36 Å². The highest BCUT2D eigenvalue weighted by Crippen LogP contribution is 2.28. The summed E-state index contributed by atoms with van der Waals surface area (Å²) in [6.45, 7) is 1.88. The molecule has 6 nitrogen and oxygen atoms in total. The van der Waals surface area contributed by atoms with Crippen molar-refractivity contribution < 1.29 is 4.42 Å². The van der Waals surface area contributed by atoms with Crippen molar-refractivity contribution in [3.05, 3.63) is 85.4 Å². The molecular weight excluding hydrogens is 484 g/mol. The fraction of sp³-hybridized carbons (Fsp3) is 0.0909. The number of oxazole rings is 1. The summed E-state index contributed by atoms with van der Waals surface area (Å²) < 4.78 is 8.65. The van der Waals surface area contributed by atoms with E-state index in [0.29, 0.717) is 36.1 Å². The van der Waals surface area contributed by atoms with Gasteiger partial charge in [0.25, 0.3) is 5.56 Å². The second kappa shape index (κ2) is 8.67. The molecule has 0 saturated carbocycles. The van der Waals surface area contributed by atoms with Crippen molar-refractivity contribution in [2.75, 3.05) is 0 Å². The van der Waals surface area contributed by atoms with E-state index in [4.69, 9.17) is 28.2 Å². The number of aromatic amines is 1. The highest BCUT2D eigenvalue weighted by atomic mass is 35.5. The Morgan fingerprint density at radius 2 is 1.91 bits per heavy atom. The predicted octanol–water partition coefficient (Wildman–Crippen LogP) is 6.41. The van der Waals surface area contributed by atoms with Gasteiger partial charge in [0.15, 0.2) is 14.8 Å². The van der Waals surface area contributed by atoms with Gasteiger partial charge in [0.05, 0.1) is 5.69 Å². The van der Waals surface area contributed by atoms with Crippen molar-refractivity contribution in [1.82, 2.24) is 19.5 Å². The summed E-state index contributed by atoms with van der Waals surface area (Å²) in [6.07, 6.45) is 0. The summed E-state index contributed by atoms with van der Waals surface area (Å²) in [7, 11) is 0. The number of thioether (sulfide) groups is 1. The standard InChI is InChI=1S/C22H15ClN4O2S3/c1-12-16(24-20(29-12)13-5-3-2-4-6-13)11-31-21-25-18-17(19(28)26-21)32-22(30)27(18)15-9-7-14(23)8-10-15/h2-10H,11H2,1H3,(H,25,26,28). The van der Waals surface area contributed by atoms with Gasteiger partial charge in [-0.2, -0.15) is 0 Å². The number of hydrogen-bond acceptors (Lipinski definition) is 7. The van der Waals surface area contributed by atoms with Crippen LogP contribution in [0.25, 0.3) is 27.5 Å². The van der Waals surface area contributed by atoms with Gasteiger partial charge in [-0.05, 0) is 55.5 Å². The summed E-state index contributed by atoms with van der Waals surface area (Å²) in [5.74, 6) is 1.81. The largest absolute Gasteiger partial charge is 0.441 e. The van der Waals surface area contributed by atoms with E-state index >= 15 is 0 Å². The van der Waals surface area contributed by atoms with Crippen molar-refractivity contribution in [3.63, 3.8) is 0 Å². The smallest absolute Gasteiger partial charge is 0.271 e. The molecule has 0 unspecified atom stereocenters. The highest BCUT2D eigenvalue weighted by molar-refractivity contribution is 7.98. The first kappa shape index (κ1) is 21.1. The van der Waals surface area contributed by atoms with Crippen LogP contribution in [0.2, 0.25) is 5.02 Å². The third-order valence-electron chi connectivity index (χ3n) is 4.76. The lowest BCUT2D eigenvalue weighted by atomic mass is 10.2. The SMILES string of the molecule is Cc1oc(-c2ccccc2)nc1CSc1nc2c(sc(=S)n2-c2ccc(Cl)cc2)c(=O)[nH]1. The average molecular weight is 499 g/mol. The first-order valence-corrected chi connectivity index (χ1v) is 12.1. The molecule has 3 heterocycles. The van der Waals surface area contributed by atoms with Gasteiger partial charge in [0.1, 0.15) is 10.5 Å². The number of nitrogens with zero attached hydrogens (tertiary/aromatic N) is 3. The van der Waals surface area contributed by atoms with Crippen molar-refractivity contribution in [1.29, 1.82) is 0 Å². The predicted molar refractivity (Wildman–Crippen MR) is 132 cm³/mol. The van der Waals surface area contributed by atoms with Crippen LogP contribution in [0.15, 0.2) is 69.0 Å². The van der Waals surface area contributed by atoms with E-state index in [1.54, 1.807) is 16.7 Å². The number of thiazole rings is 1. The Kier molecular flexibility index (Phi) is 5.73. The number of aromatic nitrogens is 4. The summed E-state index contributed by atoms with van der Waals surface area (Å²) in [4.78, 5) is 24.9. The van der Waals surface area contributed by atoms with Crippen LogP contribution in [0.5, 0.6) is 0 Å². The molecule has 1 N–H and O–H groups in total. The van der Waals surface area contributed by atoms with Gasteiger partial charge in [-0.1, -0.05) is 52.9 Å². The second-order valence-electron chi connectivity index (χ2n) is 6.88. The third-order valence-corrected chi connectivity index (χ3v) is 7.26. The van der Waals surface area contributed by atoms with Crippen LogP contribution < -0.4 is 5.56 Å². The van der Waals surface area contributed by atoms with Crippen LogP contribution in [-0.2, 0) is 5.75 Å². The van der Waals surface area contributed by atoms with Crippen molar-refractivity contribution in [2.24, 2.45) is 0 Å². The van der Waals surface area contributed by atoms with E-state index in [-0.39, 0.29) is 5.56 Å². The van der Waals surface area contributed by atoms with Crippen molar-refractivity contribution >= 4 is 57.3 Å². The van der Waals surface area contributed by atoms with Crippen molar-refractivity contribution in [2.45, 2.75) is 17.8 Å². The number of halogens is 1. The molecule has 0 aliphatic carbocycles. The number of nitrogens with one attached hydrogen (secondary N) is 1. The number of rotatable bonds is 5. The van der Waals surface area contributed by atoms with E-state index in [9.17, 15) is 4.79 Å². The summed E-state index contributed by atoms with van der Waals surface area (Å²) in [5, 5.41) is 1.11. The molecule has 0 radical (unpaired) electrons. The summed E-state index contributed by atoms with van der Waals surface area (Å²) >= 11 is 14.1. The zero-order valence-corrected chi connectivity index (χ0v) is 19.9. The fourth-order valence-corrected chi connectivity index (χ4v) is 5.44. The lowest BCUT2D eigenvalue weighted by molar-refractivity contribution is 0.540. The van der Waals surface area contributed by atoms with E-state index in [0.717, 1.165) is 22.7 Å². The molecule has 2 aromatic carbocycles. The van der Waals surface area contributed by atoms with Gasteiger partial charge in [0.2, 0.25) is 5.89 Å². The maximum atomic E-state index is 12.7. The Balaban J connectivity index is 1.48. The topological polar surface area (TPSA) is 76.7 Å². The van der Waals surface area contributed by atoms with Gasteiger partial charge >= 0.3 is 0 Å². The first-order valence-electron chi connectivity index (χ1n) is 9.56. The molecule has 0 aliphatic rings. The molecule has 0 saturated heterocycles. The van der Waals surface area contributed by atoms with Crippen LogP contribution in [0.1, 0.15) is 11.5 Å². The van der Waals surface area contributed by atoms with Gasteiger partial charge in [0, 0.05) is 22.0 Å². The van der Waals surface area contributed by atoms with E-state index in [2.05, 4.69) is 15.0 Å².